The maximum Gasteiger partial charge on any atom is 0.137 e. The van der Waals surface area contributed by atoms with Crippen molar-refractivity contribution in [2.24, 2.45) is 0 Å². The van der Waals surface area contributed by atoms with Gasteiger partial charge in [0, 0.05) is 37.1 Å². The zero-order valence-electron chi connectivity index (χ0n) is 15.1. The van der Waals surface area contributed by atoms with Crippen LogP contribution in [0.3, 0.4) is 0 Å². The minimum Gasteiger partial charge on any atom is -0.496 e. The Morgan fingerprint density at radius 2 is 1.88 bits per heavy atom. The molecule has 0 spiro atoms. The predicted molar refractivity (Wildman–Crippen MR) is 107 cm³/mol. The maximum absolute atomic E-state index is 6.03. The van der Waals surface area contributed by atoms with Crippen LogP contribution in [0.15, 0.2) is 67.9 Å². The molecule has 2 heterocycles. The molecule has 0 bridgehead atoms. The van der Waals surface area contributed by atoms with Crippen molar-refractivity contribution in [3.05, 3.63) is 73.6 Å². The van der Waals surface area contributed by atoms with Crippen LogP contribution >= 0.6 is 0 Å². The number of fused-ring (bicyclic) bond motifs is 1. The van der Waals surface area contributed by atoms with Gasteiger partial charge in [0.05, 0.1) is 18.5 Å². The molecule has 0 aliphatic rings. The molecular formula is C21H24N4O. The van der Waals surface area contributed by atoms with Crippen molar-refractivity contribution in [2.75, 3.05) is 25.9 Å². The lowest BCUT2D eigenvalue weighted by molar-refractivity contribution is 0.323. The number of methoxy groups -OCH3 is 1. The number of benzene rings is 1. The molecule has 5 nitrogen and oxygen atoms in total. The lowest BCUT2D eigenvalue weighted by Gasteiger charge is -2.19. The van der Waals surface area contributed by atoms with Gasteiger partial charge in [0.25, 0.3) is 0 Å². The van der Waals surface area contributed by atoms with Crippen LogP contribution in [0.5, 0.6) is 5.75 Å². The summed E-state index contributed by atoms with van der Waals surface area (Å²) in [5.74, 6) is 0.795. The molecule has 3 aromatic rings. The Labute approximate surface area is 154 Å². The van der Waals surface area contributed by atoms with E-state index in [2.05, 4.69) is 22.5 Å². The average molecular weight is 348 g/mol. The fourth-order valence-corrected chi connectivity index (χ4v) is 3.10. The number of imidazole rings is 1. The standard InChI is InChI=1S/C21H24N4O/c1-4-12-24(13-5-2)15-18-21(17-8-6-7-9-19(17)26-3)23-20-11-10-16(22)14-25(18)20/h4-11,14H,1-2,12-13,15,22H2,3H3. The van der Waals surface area contributed by atoms with E-state index < -0.39 is 0 Å². The third-order valence-electron chi connectivity index (χ3n) is 4.25. The number of hydrogen-bond acceptors (Lipinski definition) is 4. The van der Waals surface area contributed by atoms with Gasteiger partial charge in [-0.2, -0.15) is 0 Å². The minimum absolute atomic E-state index is 0.691. The zero-order chi connectivity index (χ0) is 18.5. The van der Waals surface area contributed by atoms with Gasteiger partial charge in [0.15, 0.2) is 0 Å². The first-order chi connectivity index (χ1) is 12.7. The maximum atomic E-state index is 6.03. The second kappa shape index (κ2) is 7.89. The summed E-state index contributed by atoms with van der Waals surface area (Å²) in [6.45, 7) is 9.92. The highest BCUT2D eigenvalue weighted by atomic mass is 16.5. The van der Waals surface area contributed by atoms with E-state index in [-0.39, 0.29) is 0 Å². The Balaban J connectivity index is 2.18. The molecule has 0 unspecified atom stereocenters. The van der Waals surface area contributed by atoms with Gasteiger partial charge in [0.2, 0.25) is 0 Å². The number of rotatable bonds is 8. The fourth-order valence-electron chi connectivity index (χ4n) is 3.10. The molecule has 5 heteroatoms. The Morgan fingerprint density at radius 3 is 2.58 bits per heavy atom. The van der Waals surface area contributed by atoms with Gasteiger partial charge >= 0.3 is 0 Å². The molecule has 2 aromatic heterocycles. The predicted octanol–water partition coefficient (Wildman–Crippen LogP) is 3.77. The number of para-hydroxylation sites is 1. The van der Waals surface area contributed by atoms with Crippen molar-refractivity contribution >= 4 is 11.3 Å². The van der Waals surface area contributed by atoms with Crippen molar-refractivity contribution in [1.29, 1.82) is 0 Å². The number of pyridine rings is 1. The SMILES string of the molecule is C=CCN(CC=C)Cc1c(-c2ccccc2OC)nc2ccc(N)cn12. The van der Waals surface area contributed by atoms with Crippen molar-refractivity contribution < 1.29 is 4.74 Å². The Kier molecular flexibility index (Phi) is 5.39. The van der Waals surface area contributed by atoms with Crippen LogP contribution in [0, 0.1) is 0 Å². The van der Waals surface area contributed by atoms with Crippen molar-refractivity contribution in [3.63, 3.8) is 0 Å². The molecule has 3 rings (SSSR count). The summed E-state index contributed by atoms with van der Waals surface area (Å²) in [6, 6.07) is 11.7. The Morgan fingerprint density at radius 1 is 1.15 bits per heavy atom. The van der Waals surface area contributed by atoms with Gasteiger partial charge in [0.1, 0.15) is 11.4 Å². The lowest BCUT2D eigenvalue weighted by atomic mass is 10.1. The van der Waals surface area contributed by atoms with Crippen molar-refractivity contribution in [3.8, 4) is 17.0 Å². The highest BCUT2D eigenvalue weighted by Gasteiger charge is 2.19. The quantitative estimate of drug-likeness (QED) is 0.630. The first-order valence-electron chi connectivity index (χ1n) is 8.52. The van der Waals surface area contributed by atoms with Crippen LogP contribution in [0.2, 0.25) is 0 Å². The Bertz CT molecular complexity index is 919. The molecular weight excluding hydrogens is 324 g/mol. The molecule has 0 aliphatic carbocycles. The van der Waals surface area contributed by atoms with E-state index in [1.54, 1.807) is 7.11 Å². The van der Waals surface area contributed by atoms with Gasteiger partial charge in [-0.25, -0.2) is 4.98 Å². The first kappa shape index (κ1) is 17.8. The molecule has 0 aliphatic heterocycles. The van der Waals surface area contributed by atoms with E-state index in [0.717, 1.165) is 41.4 Å². The second-order valence-corrected chi connectivity index (χ2v) is 6.07. The van der Waals surface area contributed by atoms with Crippen molar-refractivity contribution in [1.82, 2.24) is 14.3 Å². The minimum atomic E-state index is 0.691. The molecule has 26 heavy (non-hydrogen) atoms. The van der Waals surface area contributed by atoms with Crippen LogP contribution in [0.25, 0.3) is 16.9 Å². The number of nitrogen functional groups attached to an aromatic ring is 1. The molecule has 0 atom stereocenters. The van der Waals surface area contributed by atoms with E-state index in [1.165, 1.54) is 0 Å². The molecule has 134 valence electrons. The van der Waals surface area contributed by atoms with Gasteiger partial charge in [-0.3, -0.25) is 4.90 Å². The molecule has 2 N–H and O–H groups in total. The summed E-state index contributed by atoms with van der Waals surface area (Å²) in [5.41, 5.74) is 10.5. The molecule has 0 amide bonds. The normalized spacial score (nSPS) is 11.0. The molecule has 0 radical (unpaired) electrons. The second-order valence-electron chi connectivity index (χ2n) is 6.07. The average Bonchev–Trinajstić information content (AvgIpc) is 2.99. The number of nitrogens with two attached hydrogens (primary N) is 1. The van der Waals surface area contributed by atoms with E-state index in [1.807, 2.05) is 54.7 Å². The summed E-state index contributed by atoms with van der Waals surface area (Å²) < 4.78 is 7.61. The first-order valence-corrected chi connectivity index (χ1v) is 8.52. The number of ether oxygens (including phenoxy) is 1. The molecule has 0 saturated heterocycles. The summed E-state index contributed by atoms with van der Waals surface area (Å²) in [5, 5.41) is 0. The number of anilines is 1. The van der Waals surface area contributed by atoms with Crippen LogP contribution in [-0.2, 0) is 6.54 Å². The summed E-state index contributed by atoms with van der Waals surface area (Å²) >= 11 is 0. The monoisotopic (exact) mass is 348 g/mol. The Hall–Kier alpha value is -3.05. The molecule has 1 aromatic carbocycles. The van der Waals surface area contributed by atoms with E-state index >= 15 is 0 Å². The summed E-state index contributed by atoms with van der Waals surface area (Å²) in [6.07, 6.45) is 5.70. The number of nitrogens with zero attached hydrogens (tertiary/aromatic N) is 3. The number of aromatic nitrogens is 2. The largest absolute Gasteiger partial charge is 0.496 e. The van der Waals surface area contributed by atoms with Gasteiger partial charge in [-0.05, 0) is 24.3 Å². The van der Waals surface area contributed by atoms with Crippen molar-refractivity contribution in [2.45, 2.75) is 6.54 Å². The third kappa shape index (κ3) is 3.48. The lowest BCUT2D eigenvalue weighted by Crippen LogP contribution is -2.24. The molecule has 0 saturated carbocycles. The summed E-state index contributed by atoms with van der Waals surface area (Å²) in [4.78, 5) is 7.10. The van der Waals surface area contributed by atoms with E-state index in [4.69, 9.17) is 15.5 Å². The van der Waals surface area contributed by atoms with Crippen LogP contribution in [0.4, 0.5) is 5.69 Å². The summed E-state index contributed by atoms with van der Waals surface area (Å²) in [7, 11) is 1.67. The van der Waals surface area contributed by atoms with Crippen LogP contribution in [0.1, 0.15) is 5.69 Å². The third-order valence-corrected chi connectivity index (χ3v) is 4.25. The van der Waals surface area contributed by atoms with Gasteiger partial charge in [-0.1, -0.05) is 24.3 Å². The highest BCUT2D eigenvalue weighted by molar-refractivity contribution is 5.72. The van der Waals surface area contributed by atoms with E-state index in [9.17, 15) is 0 Å². The topological polar surface area (TPSA) is 55.8 Å². The fraction of sp³-hybridized carbons (Fsp3) is 0.190. The van der Waals surface area contributed by atoms with Crippen LogP contribution < -0.4 is 10.5 Å². The van der Waals surface area contributed by atoms with E-state index in [0.29, 0.717) is 12.2 Å². The molecule has 0 fully saturated rings. The van der Waals surface area contributed by atoms with Crippen LogP contribution in [-0.4, -0.2) is 34.5 Å². The van der Waals surface area contributed by atoms with Gasteiger partial charge in [-0.15, -0.1) is 13.2 Å². The number of hydrogen-bond donors (Lipinski definition) is 1. The zero-order valence-corrected chi connectivity index (χ0v) is 15.1. The smallest absolute Gasteiger partial charge is 0.137 e. The highest BCUT2D eigenvalue weighted by Crippen LogP contribution is 2.33. The van der Waals surface area contributed by atoms with Gasteiger partial charge < -0.3 is 14.9 Å².